The predicted octanol–water partition coefficient (Wildman–Crippen LogP) is 31.0. The van der Waals surface area contributed by atoms with Gasteiger partial charge in [-0.25, -0.2) is 0 Å². The van der Waals surface area contributed by atoms with E-state index in [1.54, 1.807) is 0 Å². The highest BCUT2D eigenvalue weighted by molar-refractivity contribution is 6.18. The molecule has 4 nitrogen and oxygen atoms in total. The van der Waals surface area contributed by atoms with Gasteiger partial charge in [0, 0.05) is 61.0 Å². The van der Waals surface area contributed by atoms with Crippen LogP contribution in [0.4, 0.5) is 34.1 Å². The van der Waals surface area contributed by atoms with Gasteiger partial charge in [0.25, 0.3) is 0 Å². The molecular formula is C108H68N2O2. The molecule has 0 unspecified atom stereocenters. The Morgan fingerprint density at radius 3 is 1.14 bits per heavy atom. The Bertz CT molecular complexity index is 7520. The molecule has 22 rings (SSSR count). The van der Waals surface area contributed by atoms with Crippen molar-refractivity contribution in [2.24, 2.45) is 0 Å². The molecule has 0 aliphatic heterocycles. The second-order valence-electron chi connectivity index (χ2n) is 29.3. The lowest BCUT2D eigenvalue weighted by Gasteiger charge is -2.29. The molecular weight excluding hydrogens is 1360 g/mol. The highest BCUT2D eigenvalue weighted by Gasteiger charge is 2.25. The lowest BCUT2D eigenvalue weighted by molar-refractivity contribution is 0.669. The number of nitrogens with zero attached hydrogens (tertiary/aromatic N) is 2. The molecule has 0 saturated carbocycles. The predicted molar refractivity (Wildman–Crippen MR) is 473 cm³/mol. The molecule has 2 heterocycles. The summed E-state index contributed by atoms with van der Waals surface area (Å²) in [5.74, 6) is 0. The average molecular weight is 1430 g/mol. The largest absolute Gasteiger partial charge is 0.456 e. The molecule has 0 saturated heterocycles. The third-order valence-corrected chi connectivity index (χ3v) is 23.0. The number of fused-ring (bicyclic) bond motifs is 14. The molecule has 0 fully saturated rings. The minimum absolute atomic E-state index is 0.838. The van der Waals surface area contributed by atoms with Crippen LogP contribution < -0.4 is 9.80 Å². The maximum atomic E-state index is 7.16. The molecule has 0 atom stereocenters. The molecule has 112 heavy (non-hydrogen) atoms. The van der Waals surface area contributed by atoms with Crippen molar-refractivity contribution < 1.29 is 8.83 Å². The number of para-hydroxylation sites is 4. The minimum atomic E-state index is 0.838. The van der Waals surface area contributed by atoms with Crippen LogP contribution in [0.3, 0.4) is 0 Å². The van der Waals surface area contributed by atoms with E-state index in [2.05, 4.69) is 410 Å². The molecule has 2 aromatic heterocycles. The van der Waals surface area contributed by atoms with Gasteiger partial charge in [-0.1, -0.05) is 309 Å². The Hall–Kier alpha value is -14.8. The lowest BCUT2D eigenvalue weighted by Crippen LogP contribution is -2.11. The summed E-state index contributed by atoms with van der Waals surface area (Å²) < 4.78 is 13.4. The van der Waals surface area contributed by atoms with Crippen LogP contribution in [0, 0.1) is 0 Å². The Labute approximate surface area is 647 Å². The molecule has 22 aromatic rings. The third-order valence-electron chi connectivity index (χ3n) is 23.0. The molecule has 522 valence electrons. The van der Waals surface area contributed by atoms with E-state index in [0.717, 1.165) is 150 Å². The van der Waals surface area contributed by atoms with Gasteiger partial charge in [0.1, 0.15) is 22.3 Å². The van der Waals surface area contributed by atoms with Crippen LogP contribution >= 0.6 is 0 Å². The highest BCUT2D eigenvalue weighted by Crippen LogP contribution is 2.50. The van der Waals surface area contributed by atoms with E-state index < -0.39 is 0 Å². The summed E-state index contributed by atoms with van der Waals surface area (Å²) in [5, 5.41) is 18.9. The van der Waals surface area contributed by atoms with Crippen molar-refractivity contribution in [1.82, 2.24) is 0 Å². The van der Waals surface area contributed by atoms with Crippen LogP contribution in [0.5, 0.6) is 0 Å². The fourth-order valence-corrected chi connectivity index (χ4v) is 17.8. The van der Waals surface area contributed by atoms with Crippen molar-refractivity contribution in [3.05, 3.63) is 413 Å². The number of rotatable bonds is 13. The molecule has 0 aliphatic carbocycles. The first kappa shape index (κ1) is 64.3. The molecule has 0 aliphatic rings. The molecule has 0 amide bonds. The van der Waals surface area contributed by atoms with Gasteiger partial charge in [0.05, 0.1) is 11.4 Å². The van der Waals surface area contributed by atoms with Crippen LogP contribution in [-0.2, 0) is 0 Å². The maximum Gasteiger partial charge on any atom is 0.143 e. The van der Waals surface area contributed by atoms with E-state index in [1.807, 2.05) is 12.1 Å². The number of anilines is 6. The molecule has 20 aromatic carbocycles. The zero-order valence-electron chi connectivity index (χ0n) is 61.0. The van der Waals surface area contributed by atoms with Crippen LogP contribution in [0.1, 0.15) is 0 Å². The normalized spacial score (nSPS) is 11.8. The van der Waals surface area contributed by atoms with E-state index in [1.165, 1.54) is 70.6 Å². The van der Waals surface area contributed by atoms with Crippen molar-refractivity contribution in [1.29, 1.82) is 0 Å². The number of furan rings is 2. The Kier molecular flexibility index (Phi) is 15.2. The minimum Gasteiger partial charge on any atom is -0.456 e. The van der Waals surface area contributed by atoms with Gasteiger partial charge in [-0.05, 0) is 229 Å². The van der Waals surface area contributed by atoms with Crippen LogP contribution in [0.15, 0.2) is 421 Å². The van der Waals surface area contributed by atoms with Gasteiger partial charge in [-0.2, -0.15) is 0 Å². The van der Waals surface area contributed by atoms with Crippen molar-refractivity contribution in [2.75, 3.05) is 9.80 Å². The first-order chi connectivity index (χ1) is 55.5. The van der Waals surface area contributed by atoms with Crippen molar-refractivity contribution in [3.63, 3.8) is 0 Å². The number of benzene rings is 20. The topological polar surface area (TPSA) is 32.8 Å². The Morgan fingerprint density at radius 1 is 0.152 bits per heavy atom. The van der Waals surface area contributed by atoms with E-state index in [0.29, 0.717) is 0 Å². The summed E-state index contributed by atoms with van der Waals surface area (Å²) in [6, 6.07) is 151. The SMILES string of the molecule is c1cc(-c2cccc3ccccc23)cc(N(c2ccc(-c3cccc4c3oc3cc(-c5ccc(-c6cccc(N(c7ccc(-c8ccc9oc%10ccccc%10c9c8)cc7)c7ccccc7-c7cc8ccccc8c8ccccc78)c6)c6ccccc56)ccc34)cc2)c2ccccc2-c2cc3ccccc3c3ccccc23)c1. The third kappa shape index (κ3) is 10.8. The molecule has 4 heteroatoms. The second-order valence-corrected chi connectivity index (χ2v) is 29.3. The van der Waals surface area contributed by atoms with Crippen LogP contribution in [0.2, 0.25) is 0 Å². The van der Waals surface area contributed by atoms with Gasteiger partial charge in [0.2, 0.25) is 0 Å². The summed E-state index contributed by atoms with van der Waals surface area (Å²) in [4.78, 5) is 4.88. The summed E-state index contributed by atoms with van der Waals surface area (Å²) in [7, 11) is 0. The fourth-order valence-electron chi connectivity index (χ4n) is 17.8. The Morgan fingerprint density at radius 2 is 0.545 bits per heavy atom. The monoisotopic (exact) mass is 1420 g/mol. The fraction of sp³-hybridized carbons (Fsp3) is 0. The van der Waals surface area contributed by atoms with Crippen molar-refractivity contribution in [3.8, 4) is 77.9 Å². The molecule has 0 radical (unpaired) electrons. The summed E-state index contributed by atoms with van der Waals surface area (Å²) in [6.07, 6.45) is 0. The first-order valence-corrected chi connectivity index (χ1v) is 38.4. The highest BCUT2D eigenvalue weighted by atomic mass is 16.3. The lowest BCUT2D eigenvalue weighted by atomic mass is 9.91. The van der Waals surface area contributed by atoms with E-state index >= 15 is 0 Å². The zero-order chi connectivity index (χ0) is 73.7. The van der Waals surface area contributed by atoms with E-state index in [-0.39, 0.29) is 0 Å². The number of hydrogen-bond acceptors (Lipinski definition) is 4. The molecule has 0 bridgehead atoms. The van der Waals surface area contributed by atoms with E-state index in [4.69, 9.17) is 8.83 Å². The first-order valence-electron chi connectivity index (χ1n) is 38.4. The van der Waals surface area contributed by atoms with Gasteiger partial charge in [-0.15, -0.1) is 0 Å². The molecule has 0 N–H and O–H groups in total. The standard InChI is InChI=1S/C108H68N2O2/c1-4-31-82-70(23-1)26-21-43-83(82)73-27-19-29-80(63-73)110(104-47-17-14-41-96(104)101-67-76-25-3-6-33-85(76)90-35-10-12-39-94(90)101)79-57-51-71(52-58-79)88-44-22-45-99-98-59-53-77(68-107(98)112-108(88)99)87-61-60-86(91-36-7-8-37-92(87)91)74-28-20-30-81(64-74)109(78-55-49-69(50-56-78)72-54-62-106-102(65-72)97-42-15-18-48-105(97)111-106)103-46-16-13-40-95(103)100-66-75-24-2-5-32-84(75)89-34-9-11-38-93(89)100/h1-68H. The van der Waals surface area contributed by atoms with Crippen LogP contribution in [-0.4, -0.2) is 0 Å². The maximum absolute atomic E-state index is 7.16. The van der Waals surface area contributed by atoms with Crippen molar-refractivity contribution >= 4 is 143 Å². The van der Waals surface area contributed by atoms with Gasteiger partial charge in [-0.3, -0.25) is 0 Å². The zero-order valence-corrected chi connectivity index (χ0v) is 61.0. The summed E-state index contributed by atoms with van der Waals surface area (Å²) >= 11 is 0. The Balaban J connectivity index is 0.626. The number of hydrogen-bond donors (Lipinski definition) is 0. The average Bonchev–Trinajstić information content (AvgIpc) is 1.26. The quantitative estimate of drug-likeness (QED) is 0.108. The van der Waals surface area contributed by atoms with Gasteiger partial charge >= 0.3 is 0 Å². The van der Waals surface area contributed by atoms with Crippen LogP contribution in [0.25, 0.3) is 186 Å². The molecule has 0 spiro atoms. The summed E-state index contributed by atoms with van der Waals surface area (Å²) in [5.41, 5.74) is 25.6. The van der Waals surface area contributed by atoms with Crippen molar-refractivity contribution in [2.45, 2.75) is 0 Å². The van der Waals surface area contributed by atoms with E-state index in [9.17, 15) is 0 Å². The second kappa shape index (κ2) is 26.5. The van der Waals surface area contributed by atoms with Gasteiger partial charge < -0.3 is 18.6 Å². The summed E-state index contributed by atoms with van der Waals surface area (Å²) in [6.45, 7) is 0. The smallest absolute Gasteiger partial charge is 0.143 e. The van der Waals surface area contributed by atoms with Gasteiger partial charge in [0.15, 0.2) is 0 Å².